The van der Waals surface area contributed by atoms with E-state index < -0.39 is 0 Å². The Bertz CT molecular complexity index is 802. The molecule has 3 aromatic rings. The van der Waals surface area contributed by atoms with Crippen molar-refractivity contribution in [3.63, 3.8) is 0 Å². The molecule has 0 saturated heterocycles. The van der Waals surface area contributed by atoms with E-state index in [1.165, 1.54) is 5.56 Å². The predicted molar refractivity (Wildman–Crippen MR) is 91.6 cm³/mol. The number of amides is 1. The number of nitrogens with one attached hydrogen (secondary N) is 1. The average molecular weight is 305 g/mol. The largest absolute Gasteiger partial charge is 0.320 e. The summed E-state index contributed by atoms with van der Waals surface area (Å²) in [5, 5.41) is 7.20. The molecule has 4 heteroatoms. The van der Waals surface area contributed by atoms with Gasteiger partial charge in [-0.05, 0) is 36.6 Å². The van der Waals surface area contributed by atoms with Gasteiger partial charge in [0.05, 0.1) is 0 Å². The highest BCUT2D eigenvalue weighted by atomic mass is 16.1. The Kier molecular flexibility index (Phi) is 4.24. The summed E-state index contributed by atoms with van der Waals surface area (Å²) >= 11 is 0. The fourth-order valence-corrected chi connectivity index (χ4v) is 2.47. The Hall–Kier alpha value is -2.88. The molecule has 1 N–H and O–H groups in total. The molecule has 0 fully saturated rings. The lowest BCUT2D eigenvalue weighted by atomic mass is 10.0. The summed E-state index contributed by atoms with van der Waals surface area (Å²) < 4.78 is 1.70. The Morgan fingerprint density at radius 3 is 2.48 bits per heavy atom. The van der Waals surface area contributed by atoms with E-state index in [9.17, 15) is 4.79 Å². The Labute approximate surface area is 135 Å². The van der Waals surface area contributed by atoms with Crippen LogP contribution in [0.2, 0.25) is 0 Å². The maximum atomic E-state index is 12.4. The maximum absolute atomic E-state index is 12.4. The molecule has 0 aliphatic carbocycles. The normalized spacial score (nSPS) is 10.5. The van der Waals surface area contributed by atoms with Crippen molar-refractivity contribution in [3.05, 3.63) is 83.2 Å². The fraction of sp³-hybridized carbons (Fsp3) is 0.158. The lowest BCUT2D eigenvalue weighted by molar-refractivity contribution is 0.102. The SMILES string of the molecule is Cc1cc(C(=O)Nc2ccccc2Cc2ccccc2)nn1C. The van der Waals surface area contributed by atoms with Gasteiger partial charge in [0.1, 0.15) is 0 Å². The average Bonchev–Trinajstić information content (AvgIpc) is 2.90. The fourth-order valence-electron chi connectivity index (χ4n) is 2.47. The van der Waals surface area contributed by atoms with Gasteiger partial charge in [-0.1, -0.05) is 48.5 Å². The molecule has 0 spiro atoms. The molecular weight excluding hydrogens is 286 g/mol. The summed E-state index contributed by atoms with van der Waals surface area (Å²) in [5.74, 6) is -0.186. The number of hydrogen-bond donors (Lipinski definition) is 1. The van der Waals surface area contributed by atoms with Gasteiger partial charge in [-0.15, -0.1) is 0 Å². The number of anilines is 1. The second-order valence-electron chi connectivity index (χ2n) is 5.57. The summed E-state index contributed by atoms with van der Waals surface area (Å²) in [4.78, 5) is 12.4. The lowest BCUT2D eigenvalue weighted by Crippen LogP contribution is -2.14. The van der Waals surface area contributed by atoms with E-state index in [4.69, 9.17) is 0 Å². The van der Waals surface area contributed by atoms with Crippen molar-refractivity contribution in [1.29, 1.82) is 0 Å². The zero-order chi connectivity index (χ0) is 16.2. The monoisotopic (exact) mass is 305 g/mol. The molecule has 2 aromatic carbocycles. The number of carbonyl (C=O) groups is 1. The van der Waals surface area contributed by atoms with Crippen molar-refractivity contribution in [2.75, 3.05) is 5.32 Å². The molecule has 1 amide bonds. The number of nitrogens with zero attached hydrogens (tertiary/aromatic N) is 2. The van der Waals surface area contributed by atoms with E-state index in [0.29, 0.717) is 5.69 Å². The summed E-state index contributed by atoms with van der Waals surface area (Å²) in [6.07, 6.45) is 0.776. The van der Waals surface area contributed by atoms with Gasteiger partial charge in [0.15, 0.2) is 5.69 Å². The summed E-state index contributed by atoms with van der Waals surface area (Å²) in [6, 6.07) is 19.9. The number of benzene rings is 2. The minimum Gasteiger partial charge on any atom is -0.320 e. The Morgan fingerprint density at radius 2 is 1.78 bits per heavy atom. The van der Waals surface area contributed by atoms with Gasteiger partial charge in [0, 0.05) is 18.4 Å². The molecule has 0 radical (unpaired) electrons. The standard InChI is InChI=1S/C19H19N3O/c1-14-12-18(21-22(14)2)19(23)20-17-11-7-6-10-16(17)13-15-8-4-3-5-9-15/h3-12H,13H2,1-2H3,(H,20,23). The summed E-state index contributed by atoms with van der Waals surface area (Å²) in [5.41, 5.74) is 4.50. The van der Waals surface area contributed by atoms with Gasteiger partial charge < -0.3 is 5.32 Å². The predicted octanol–water partition coefficient (Wildman–Crippen LogP) is 3.57. The highest BCUT2D eigenvalue weighted by Crippen LogP contribution is 2.20. The second-order valence-corrected chi connectivity index (χ2v) is 5.57. The smallest absolute Gasteiger partial charge is 0.276 e. The zero-order valence-corrected chi connectivity index (χ0v) is 13.3. The number of carbonyl (C=O) groups excluding carboxylic acids is 1. The topological polar surface area (TPSA) is 46.9 Å². The van der Waals surface area contributed by atoms with E-state index in [-0.39, 0.29) is 5.91 Å². The van der Waals surface area contributed by atoms with E-state index >= 15 is 0 Å². The highest BCUT2D eigenvalue weighted by molar-refractivity contribution is 6.03. The van der Waals surface area contributed by atoms with Crippen LogP contribution in [0.15, 0.2) is 60.7 Å². The van der Waals surface area contributed by atoms with Crippen LogP contribution >= 0.6 is 0 Å². The van der Waals surface area contributed by atoms with E-state index in [0.717, 1.165) is 23.4 Å². The number of rotatable bonds is 4. The van der Waals surface area contributed by atoms with Crippen LogP contribution in [0.1, 0.15) is 27.3 Å². The molecule has 0 aliphatic heterocycles. The molecular formula is C19H19N3O. The van der Waals surface area contributed by atoms with Gasteiger partial charge >= 0.3 is 0 Å². The summed E-state index contributed by atoms with van der Waals surface area (Å²) in [6.45, 7) is 1.92. The van der Waals surface area contributed by atoms with Crippen molar-refractivity contribution in [3.8, 4) is 0 Å². The maximum Gasteiger partial charge on any atom is 0.276 e. The molecule has 0 unspecified atom stereocenters. The van der Waals surface area contributed by atoms with Crippen LogP contribution in [-0.2, 0) is 13.5 Å². The van der Waals surface area contributed by atoms with E-state index in [2.05, 4.69) is 22.5 Å². The van der Waals surface area contributed by atoms with Crippen molar-refractivity contribution in [2.24, 2.45) is 7.05 Å². The van der Waals surface area contributed by atoms with Crippen LogP contribution in [0.25, 0.3) is 0 Å². The van der Waals surface area contributed by atoms with Crippen LogP contribution in [-0.4, -0.2) is 15.7 Å². The number of para-hydroxylation sites is 1. The molecule has 116 valence electrons. The molecule has 1 heterocycles. The van der Waals surface area contributed by atoms with Crippen molar-refractivity contribution in [1.82, 2.24) is 9.78 Å². The molecule has 0 bridgehead atoms. The first-order valence-corrected chi connectivity index (χ1v) is 7.57. The third-order valence-corrected chi connectivity index (χ3v) is 3.85. The highest BCUT2D eigenvalue weighted by Gasteiger charge is 2.13. The van der Waals surface area contributed by atoms with Crippen LogP contribution in [0.3, 0.4) is 0 Å². The molecule has 23 heavy (non-hydrogen) atoms. The second kappa shape index (κ2) is 6.48. The molecule has 0 atom stereocenters. The van der Waals surface area contributed by atoms with Crippen LogP contribution in [0, 0.1) is 6.92 Å². The van der Waals surface area contributed by atoms with Gasteiger partial charge in [-0.2, -0.15) is 5.10 Å². The quantitative estimate of drug-likeness (QED) is 0.801. The zero-order valence-electron chi connectivity index (χ0n) is 13.3. The first-order chi connectivity index (χ1) is 11.1. The number of hydrogen-bond acceptors (Lipinski definition) is 2. The molecule has 4 nitrogen and oxygen atoms in total. The molecule has 3 rings (SSSR count). The van der Waals surface area contributed by atoms with Crippen molar-refractivity contribution in [2.45, 2.75) is 13.3 Å². The third-order valence-electron chi connectivity index (χ3n) is 3.85. The molecule has 1 aromatic heterocycles. The first kappa shape index (κ1) is 15.0. The first-order valence-electron chi connectivity index (χ1n) is 7.57. The van der Waals surface area contributed by atoms with E-state index in [1.54, 1.807) is 10.7 Å². The van der Waals surface area contributed by atoms with Gasteiger partial charge in [-0.3, -0.25) is 9.48 Å². The third kappa shape index (κ3) is 3.48. The number of aromatic nitrogens is 2. The van der Waals surface area contributed by atoms with Crippen molar-refractivity contribution < 1.29 is 4.79 Å². The van der Waals surface area contributed by atoms with Crippen LogP contribution in [0.5, 0.6) is 0 Å². The minimum absolute atomic E-state index is 0.186. The summed E-state index contributed by atoms with van der Waals surface area (Å²) in [7, 11) is 1.83. The Morgan fingerprint density at radius 1 is 1.09 bits per heavy atom. The lowest BCUT2D eigenvalue weighted by Gasteiger charge is -2.10. The molecule has 0 aliphatic rings. The van der Waals surface area contributed by atoms with Gasteiger partial charge in [0.2, 0.25) is 0 Å². The van der Waals surface area contributed by atoms with Gasteiger partial charge in [-0.25, -0.2) is 0 Å². The molecule has 0 saturated carbocycles. The van der Waals surface area contributed by atoms with Gasteiger partial charge in [0.25, 0.3) is 5.91 Å². The van der Waals surface area contributed by atoms with Crippen LogP contribution in [0.4, 0.5) is 5.69 Å². The van der Waals surface area contributed by atoms with E-state index in [1.807, 2.05) is 56.4 Å². The Balaban J connectivity index is 1.81. The van der Waals surface area contributed by atoms with Crippen LogP contribution < -0.4 is 5.32 Å². The minimum atomic E-state index is -0.186. The van der Waals surface area contributed by atoms with Crippen molar-refractivity contribution >= 4 is 11.6 Å². The number of aryl methyl sites for hydroxylation is 2.